The van der Waals surface area contributed by atoms with Crippen LogP contribution in [-0.4, -0.2) is 37.1 Å². The van der Waals surface area contributed by atoms with Crippen molar-refractivity contribution in [2.75, 3.05) is 12.0 Å². The summed E-state index contributed by atoms with van der Waals surface area (Å²) < 4.78 is 5.09. The molecule has 1 aliphatic heterocycles. The van der Waals surface area contributed by atoms with E-state index in [0.29, 0.717) is 16.3 Å². The van der Waals surface area contributed by atoms with E-state index in [1.165, 1.54) is 43.5 Å². The quantitative estimate of drug-likeness (QED) is 0.440. The number of benzene rings is 2. The van der Waals surface area contributed by atoms with Gasteiger partial charge in [-0.1, -0.05) is 17.7 Å². The topological polar surface area (TPSA) is 117 Å². The van der Waals surface area contributed by atoms with Gasteiger partial charge >= 0.3 is 6.03 Å². The molecule has 0 unspecified atom stereocenters. The van der Waals surface area contributed by atoms with Gasteiger partial charge in [0.2, 0.25) is 5.91 Å². The number of halogens is 1. The minimum Gasteiger partial charge on any atom is -0.497 e. The number of carbonyl (C=O) groups is 4. The Morgan fingerprint density at radius 2 is 1.93 bits per heavy atom. The fraction of sp³-hybridized carbons (Fsp3) is 0.105. The van der Waals surface area contributed by atoms with E-state index in [4.69, 9.17) is 16.3 Å². The number of carbonyl (C=O) groups excluding carboxylic acids is 4. The minimum absolute atomic E-state index is 0.225. The van der Waals surface area contributed by atoms with Crippen molar-refractivity contribution < 1.29 is 23.9 Å². The van der Waals surface area contributed by atoms with E-state index in [1.807, 2.05) is 0 Å². The zero-order chi connectivity index (χ0) is 21.0. The molecule has 1 fully saturated rings. The Balaban J connectivity index is 1.75. The monoisotopic (exact) mass is 414 g/mol. The molecule has 0 radical (unpaired) electrons. The number of hydrazone groups is 1. The van der Waals surface area contributed by atoms with Gasteiger partial charge in [0.1, 0.15) is 5.75 Å². The normalized spacial score (nSPS) is 16.7. The van der Waals surface area contributed by atoms with Gasteiger partial charge in [0.25, 0.3) is 11.8 Å². The van der Waals surface area contributed by atoms with Gasteiger partial charge < -0.3 is 4.74 Å². The Hall–Kier alpha value is -3.72. The molecule has 2 aromatic carbocycles. The minimum atomic E-state index is -1.40. The van der Waals surface area contributed by atoms with Crippen LogP contribution in [0.25, 0.3) is 0 Å². The molecule has 0 aliphatic carbocycles. The van der Waals surface area contributed by atoms with Crippen LogP contribution in [0.2, 0.25) is 5.02 Å². The highest BCUT2D eigenvalue weighted by Crippen LogP contribution is 2.24. The first kappa shape index (κ1) is 20.0. The van der Waals surface area contributed by atoms with Crippen LogP contribution >= 0.6 is 11.6 Å². The Bertz CT molecular complexity index is 1010. The Labute approximate surface area is 170 Å². The van der Waals surface area contributed by atoms with Crippen LogP contribution in [0.1, 0.15) is 10.4 Å². The smallest absolute Gasteiger partial charge is 0.335 e. The number of urea groups is 1. The van der Waals surface area contributed by atoms with Gasteiger partial charge in [-0.2, -0.15) is 5.10 Å². The maximum Gasteiger partial charge on any atom is 0.335 e. The number of methoxy groups -OCH3 is 1. The molecule has 0 aromatic heterocycles. The lowest BCUT2D eigenvalue weighted by atomic mass is 10.1. The lowest BCUT2D eigenvalue weighted by Gasteiger charge is -2.28. The number of nitrogens with one attached hydrogen (secondary N) is 2. The third kappa shape index (κ3) is 4.41. The summed E-state index contributed by atoms with van der Waals surface area (Å²) in [6.07, 6.45) is 0.963. The Kier molecular flexibility index (Phi) is 5.89. The first-order valence-electron chi connectivity index (χ1n) is 8.32. The number of anilines is 1. The van der Waals surface area contributed by atoms with Crippen LogP contribution in [0.3, 0.4) is 0 Å². The summed E-state index contributed by atoms with van der Waals surface area (Å²) >= 11 is 5.77. The fourth-order valence-corrected chi connectivity index (χ4v) is 2.68. The number of nitrogens with zero attached hydrogens (tertiary/aromatic N) is 2. The maximum atomic E-state index is 12.7. The fourth-order valence-electron chi connectivity index (χ4n) is 2.55. The van der Waals surface area contributed by atoms with Crippen LogP contribution in [0.4, 0.5) is 10.5 Å². The second-order valence-corrected chi connectivity index (χ2v) is 6.31. The number of barbiturate groups is 1. The van der Waals surface area contributed by atoms with Crippen LogP contribution in [-0.2, 0) is 9.59 Å². The summed E-state index contributed by atoms with van der Waals surface area (Å²) in [5.41, 5.74) is 2.74. The third-order valence-electron chi connectivity index (χ3n) is 4.01. The average Bonchev–Trinajstić information content (AvgIpc) is 2.70. The Morgan fingerprint density at radius 1 is 1.21 bits per heavy atom. The summed E-state index contributed by atoms with van der Waals surface area (Å²) in [6, 6.07) is 11.4. The van der Waals surface area contributed by atoms with Crippen LogP contribution in [0, 0.1) is 5.92 Å². The van der Waals surface area contributed by atoms with Gasteiger partial charge in [0.05, 0.1) is 12.8 Å². The maximum absolute atomic E-state index is 12.7. The molecule has 29 heavy (non-hydrogen) atoms. The van der Waals surface area contributed by atoms with Gasteiger partial charge in [0, 0.05) is 22.9 Å². The first-order chi connectivity index (χ1) is 13.9. The second kappa shape index (κ2) is 8.53. The van der Waals surface area contributed by atoms with E-state index in [2.05, 4.69) is 15.8 Å². The third-order valence-corrected chi connectivity index (χ3v) is 4.26. The summed E-state index contributed by atoms with van der Waals surface area (Å²) in [6.45, 7) is 0. The average molecular weight is 415 g/mol. The number of imide groups is 2. The van der Waals surface area contributed by atoms with Crippen molar-refractivity contribution in [1.29, 1.82) is 0 Å². The van der Waals surface area contributed by atoms with Crippen molar-refractivity contribution in [3.05, 3.63) is 59.1 Å². The van der Waals surface area contributed by atoms with Gasteiger partial charge in [-0.3, -0.25) is 19.7 Å². The highest BCUT2D eigenvalue weighted by molar-refractivity contribution is 6.32. The van der Waals surface area contributed by atoms with E-state index < -0.39 is 29.7 Å². The van der Waals surface area contributed by atoms with Gasteiger partial charge in [-0.25, -0.2) is 15.1 Å². The number of hydrogen-bond acceptors (Lipinski definition) is 6. The summed E-state index contributed by atoms with van der Waals surface area (Å²) in [7, 11) is 1.44. The molecule has 9 nitrogen and oxygen atoms in total. The molecule has 5 amide bonds. The largest absolute Gasteiger partial charge is 0.497 e. The molecule has 0 saturated carbocycles. The highest BCUT2D eigenvalue weighted by atomic mass is 35.5. The second-order valence-electron chi connectivity index (χ2n) is 5.87. The molecule has 0 spiro atoms. The van der Waals surface area contributed by atoms with E-state index in [1.54, 1.807) is 12.1 Å². The van der Waals surface area contributed by atoms with Gasteiger partial charge in [0.15, 0.2) is 5.92 Å². The molecule has 0 bridgehead atoms. The predicted molar refractivity (Wildman–Crippen MR) is 105 cm³/mol. The number of rotatable bonds is 5. The zero-order valence-corrected chi connectivity index (χ0v) is 15.8. The van der Waals surface area contributed by atoms with Crippen LogP contribution in [0.15, 0.2) is 53.6 Å². The molecule has 1 saturated heterocycles. The van der Waals surface area contributed by atoms with E-state index >= 15 is 0 Å². The summed E-state index contributed by atoms with van der Waals surface area (Å²) in [5.74, 6) is -3.17. The zero-order valence-electron chi connectivity index (χ0n) is 15.1. The number of hydrogen-bond donors (Lipinski definition) is 2. The molecule has 2 aromatic rings. The van der Waals surface area contributed by atoms with Gasteiger partial charge in [-0.15, -0.1) is 0 Å². The van der Waals surface area contributed by atoms with Crippen molar-refractivity contribution in [3.63, 3.8) is 0 Å². The molecule has 3 rings (SSSR count). The predicted octanol–water partition coefficient (Wildman–Crippen LogP) is 1.96. The lowest BCUT2D eigenvalue weighted by Crippen LogP contribution is -2.58. The molecule has 2 N–H and O–H groups in total. The van der Waals surface area contributed by atoms with Gasteiger partial charge in [-0.05, 0) is 36.4 Å². The number of ether oxygens (including phenoxy) is 1. The molecule has 1 aliphatic rings. The molecule has 148 valence electrons. The first-order valence-corrected chi connectivity index (χ1v) is 8.70. The van der Waals surface area contributed by atoms with Crippen LogP contribution < -0.4 is 20.4 Å². The van der Waals surface area contributed by atoms with Crippen molar-refractivity contribution >= 4 is 47.3 Å². The number of amides is 5. The molecule has 1 atom stereocenters. The summed E-state index contributed by atoms with van der Waals surface area (Å²) in [5, 5.41) is 6.24. The van der Waals surface area contributed by atoms with Crippen LogP contribution in [0.5, 0.6) is 5.75 Å². The van der Waals surface area contributed by atoms with Crippen molar-refractivity contribution in [3.8, 4) is 5.75 Å². The van der Waals surface area contributed by atoms with E-state index in [0.717, 1.165) is 11.1 Å². The van der Waals surface area contributed by atoms with E-state index in [9.17, 15) is 19.2 Å². The van der Waals surface area contributed by atoms with E-state index in [-0.39, 0.29) is 5.69 Å². The summed E-state index contributed by atoms with van der Waals surface area (Å²) in [4.78, 5) is 49.8. The van der Waals surface area contributed by atoms with Crippen molar-refractivity contribution in [2.24, 2.45) is 11.0 Å². The lowest BCUT2D eigenvalue weighted by molar-refractivity contribution is -0.131. The Morgan fingerprint density at radius 3 is 2.62 bits per heavy atom. The molecule has 10 heteroatoms. The SMILES string of the molecule is COc1cccc(N2C(=O)NC(=O)[C@@H](/C=N\NC(=O)c3ccc(Cl)cc3)C2=O)c1. The molecular weight excluding hydrogens is 400 g/mol. The van der Waals surface area contributed by atoms with Crippen molar-refractivity contribution in [2.45, 2.75) is 0 Å². The highest BCUT2D eigenvalue weighted by Gasteiger charge is 2.40. The molecule has 1 heterocycles. The standard InChI is InChI=1S/C19H15ClN4O5/c1-29-14-4-2-3-13(9-14)24-18(27)15(17(26)22-19(24)28)10-21-23-16(25)11-5-7-12(20)8-6-11/h2-10,15H,1H3,(H,23,25)(H,22,26,28)/b21-10-/t15-/m1/s1. The van der Waals surface area contributed by atoms with Crippen molar-refractivity contribution in [1.82, 2.24) is 10.7 Å². The molecular formula is C19H15ClN4O5.